The number of hydrogen-bond donors (Lipinski definition) is 0. The summed E-state index contributed by atoms with van der Waals surface area (Å²) in [6, 6.07) is 17.7. The van der Waals surface area contributed by atoms with Crippen LogP contribution in [0.15, 0.2) is 59.6 Å². The maximum atomic E-state index is 10.5. The van der Waals surface area contributed by atoms with Crippen LogP contribution in [0.2, 0.25) is 0 Å². The van der Waals surface area contributed by atoms with Crippen LogP contribution in [-0.2, 0) is 6.42 Å². The largest absolute Gasteiger partial charge is 0.298 e. The fraction of sp³-hybridized carbons (Fsp3) is 0.125. The molecule has 2 rings (SSSR count). The van der Waals surface area contributed by atoms with Gasteiger partial charge in [-0.2, -0.15) is 0 Å². The van der Waals surface area contributed by atoms with E-state index in [1.54, 1.807) is 12.1 Å². The highest BCUT2D eigenvalue weighted by atomic mass is 16.1. The first-order chi connectivity index (χ1) is 8.88. The van der Waals surface area contributed by atoms with Crippen molar-refractivity contribution in [3.63, 3.8) is 0 Å². The molecule has 0 aromatic heterocycles. The number of rotatable bonds is 5. The van der Waals surface area contributed by atoms with Crippen molar-refractivity contribution in [2.75, 3.05) is 6.54 Å². The van der Waals surface area contributed by atoms with Gasteiger partial charge in [0.05, 0.1) is 0 Å². The first-order valence-corrected chi connectivity index (χ1v) is 5.97. The van der Waals surface area contributed by atoms with Crippen LogP contribution in [-0.4, -0.2) is 19.0 Å². The molecule has 0 atom stereocenters. The van der Waals surface area contributed by atoms with Crippen molar-refractivity contribution in [1.29, 1.82) is 0 Å². The van der Waals surface area contributed by atoms with E-state index >= 15 is 0 Å². The molecule has 2 aromatic carbocycles. The van der Waals surface area contributed by atoms with Gasteiger partial charge in [-0.25, -0.2) is 0 Å². The predicted molar refractivity (Wildman–Crippen MR) is 74.4 cm³/mol. The molecule has 0 aliphatic carbocycles. The highest BCUT2D eigenvalue weighted by molar-refractivity contribution is 5.82. The van der Waals surface area contributed by atoms with E-state index in [0.717, 1.165) is 24.8 Å². The molecule has 90 valence electrons. The number of carbonyl (C=O) groups excluding carboxylic acids is 1. The van der Waals surface area contributed by atoms with E-state index in [1.807, 2.05) is 36.5 Å². The Labute approximate surface area is 107 Å². The number of nitrogens with zero attached hydrogens (tertiary/aromatic N) is 1. The van der Waals surface area contributed by atoms with Crippen molar-refractivity contribution in [2.24, 2.45) is 4.99 Å². The van der Waals surface area contributed by atoms with Crippen molar-refractivity contribution in [1.82, 2.24) is 0 Å². The van der Waals surface area contributed by atoms with E-state index < -0.39 is 0 Å². The molecular weight excluding hydrogens is 222 g/mol. The van der Waals surface area contributed by atoms with E-state index in [9.17, 15) is 4.79 Å². The van der Waals surface area contributed by atoms with E-state index in [2.05, 4.69) is 17.1 Å². The van der Waals surface area contributed by atoms with Gasteiger partial charge >= 0.3 is 0 Å². The molecule has 0 saturated heterocycles. The maximum absolute atomic E-state index is 10.5. The lowest BCUT2D eigenvalue weighted by molar-refractivity contribution is 0.112. The predicted octanol–water partition coefficient (Wildman–Crippen LogP) is 3.16. The minimum Gasteiger partial charge on any atom is -0.298 e. The second-order valence-corrected chi connectivity index (χ2v) is 4.06. The van der Waals surface area contributed by atoms with Gasteiger partial charge in [0.2, 0.25) is 0 Å². The van der Waals surface area contributed by atoms with Gasteiger partial charge < -0.3 is 0 Å². The Balaban J connectivity index is 1.85. The second-order valence-electron chi connectivity index (χ2n) is 4.06. The molecule has 0 heterocycles. The first-order valence-electron chi connectivity index (χ1n) is 5.97. The average Bonchev–Trinajstić information content (AvgIpc) is 2.45. The van der Waals surface area contributed by atoms with Crippen LogP contribution in [0.3, 0.4) is 0 Å². The lowest BCUT2D eigenvalue weighted by atomic mass is 10.1. The third-order valence-electron chi connectivity index (χ3n) is 2.69. The number of aliphatic imine (C=N–C) groups is 1. The van der Waals surface area contributed by atoms with Crippen molar-refractivity contribution in [3.8, 4) is 0 Å². The topological polar surface area (TPSA) is 29.4 Å². The molecule has 0 unspecified atom stereocenters. The molecule has 0 aliphatic heterocycles. The Morgan fingerprint density at radius 1 is 0.889 bits per heavy atom. The second kappa shape index (κ2) is 6.50. The molecule has 0 N–H and O–H groups in total. The van der Waals surface area contributed by atoms with Crippen LogP contribution < -0.4 is 0 Å². The molecule has 0 saturated carbocycles. The highest BCUT2D eigenvalue weighted by Gasteiger charge is 1.91. The van der Waals surface area contributed by atoms with Crippen molar-refractivity contribution < 1.29 is 4.79 Å². The summed E-state index contributed by atoms with van der Waals surface area (Å²) in [7, 11) is 0. The lowest BCUT2D eigenvalue weighted by Crippen LogP contribution is -1.90. The van der Waals surface area contributed by atoms with Crippen molar-refractivity contribution >= 4 is 12.5 Å². The summed E-state index contributed by atoms with van der Waals surface area (Å²) < 4.78 is 0. The summed E-state index contributed by atoms with van der Waals surface area (Å²) in [4.78, 5) is 14.9. The van der Waals surface area contributed by atoms with Gasteiger partial charge in [0.25, 0.3) is 0 Å². The van der Waals surface area contributed by atoms with Gasteiger partial charge in [-0.05, 0) is 17.5 Å². The quantitative estimate of drug-likeness (QED) is 0.580. The van der Waals surface area contributed by atoms with Gasteiger partial charge in [0.1, 0.15) is 6.29 Å². The zero-order valence-electron chi connectivity index (χ0n) is 10.1. The lowest BCUT2D eigenvalue weighted by Gasteiger charge is -1.97. The van der Waals surface area contributed by atoms with Crippen LogP contribution in [0.25, 0.3) is 0 Å². The fourth-order valence-corrected chi connectivity index (χ4v) is 1.67. The van der Waals surface area contributed by atoms with Crippen molar-refractivity contribution in [2.45, 2.75) is 6.42 Å². The van der Waals surface area contributed by atoms with Gasteiger partial charge in [-0.1, -0.05) is 54.6 Å². The van der Waals surface area contributed by atoms with E-state index in [4.69, 9.17) is 0 Å². The summed E-state index contributed by atoms with van der Waals surface area (Å²) in [5.41, 5.74) is 3.01. The zero-order valence-corrected chi connectivity index (χ0v) is 10.1. The van der Waals surface area contributed by atoms with Gasteiger partial charge in [0.15, 0.2) is 0 Å². The van der Waals surface area contributed by atoms with E-state index in [-0.39, 0.29) is 0 Å². The Morgan fingerprint density at radius 2 is 1.56 bits per heavy atom. The Kier molecular flexibility index (Phi) is 4.42. The Morgan fingerprint density at radius 3 is 2.22 bits per heavy atom. The molecule has 2 nitrogen and oxygen atoms in total. The van der Waals surface area contributed by atoms with E-state index in [1.165, 1.54) is 5.56 Å². The maximum Gasteiger partial charge on any atom is 0.150 e. The van der Waals surface area contributed by atoms with Gasteiger partial charge in [-0.15, -0.1) is 0 Å². The van der Waals surface area contributed by atoms with Crippen LogP contribution in [0.5, 0.6) is 0 Å². The third kappa shape index (κ3) is 3.67. The van der Waals surface area contributed by atoms with Crippen LogP contribution in [0.4, 0.5) is 0 Å². The summed E-state index contributed by atoms with van der Waals surface area (Å²) in [5, 5.41) is 0. The minimum atomic E-state index is 0.691. The van der Waals surface area contributed by atoms with E-state index in [0.29, 0.717) is 5.56 Å². The summed E-state index contributed by atoms with van der Waals surface area (Å²) >= 11 is 0. The monoisotopic (exact) mass is 237 g/mol. The molecule has 18 heavy (non-hydrogen) atoms. The summed E-state index contributed by atoms with van der Waals surface area (Å²) in [5.74, 6) is 0. The molecule has 2 aromatic rings. The molecule has 0 bridgehead atoms. The number of aldehydes is 1. The first kappa shape index (κ1) is 12.2. The fourth-order valence-electron chi connectivity index (χ4n) is 1.67. The minimum absolute atomic E-state index is 0.691. The zero-order chi connectivity index (χ0) is 12.6. The number of hydrogen-bond acceptors (Lipinski definition) is 2. The normalized spacial score (nSPS) is 10.7. The van der Waals surface area contributed by atoms with Crippen LogP contribution in [0.1, 0.15) is 21.5 Å². The average molecular weight is 237 g/mol. The summed E-state index contributed by atoms with van der Waals surface area (Å²) in [6.45, 7) is 0.777. The van der Waals surface area contributed by atoms with Gasteiger partial charge in [-0.3, -0.25) is 9.79 Å². The number of benzene rings is 2. The molecular formula is C16H15NO. The summed E-state index contributed by atoms with van der Waals surface area (Å²) in [6.07, 6.45) is 3.64. The highest BCUT2D eigenvalue weighted by Crippen LogP contribution is 2.01. The number of carbonyl (C=O) groups is 1. The SMILES string of the molecule is O=Cc1ccc(C=NCCc2ccccc2)cc1. The standard InChI is InChI=1S/C16H15NO/c18-13-16-8-6-15(7-9-16)12-17-11-10-14-4-2-1-3-5-14/h1-9,12-13H,10-11H2. The molecule has 0 fully saturated rings. The third-order valence-corrected chi connectivity index (χ3v) is 2.69. The molecule has 0 amide bonds. The van der Waals surface area contributed by atoms with Crippen molar-refractivity contribution in [3.05, 3.63) is 71.3 Å². The Bertz CT molecular complexity index is 515. The molecule has 2 heteroatoms. The molecule has 0 spiro atoms. The van der Waals surface area contributed by atoms with Crippen LogP contribution in [0, 0.1) is 0 Å². The Hall–Kier alpha value is -2.22. The van der Waals surface area contributed by atoms with Gasteiger partial charge in [0, 0.05) is 18.3 Å². The smallest absolute Gasteiger partial charge is 0.150 e. The van der Waals surface area contributed by atoms with Crippen LogP contribution >= 0.6 is 0 Å². The molecule has 0 aliphatic rings. The molecule has 0 radical (unpaired) electrons.